The molecule has 14 aromatic rings. The first-order chi connectivity index (χ1) is 31.2. The molecular weight excluding hydrogens is 765 g/mol. The topological polar surface area (TPSA) is 23.0 Å². The van der Waals surface area contributed by atoms with E-state index in [0.717, 1.165) is 44.3 Å². The Balaban J connectivity index is 0.930. The molecule has 0 aliphatic heterocycles. The standard InChI is InChI=1S/C60H36N2O/c1-2-17-44-42(15-1)43-16-3-4-18-45(43)52-34-38(27-30-46(44)52)37-13-11-14-41(33-37)61-54-23-8-5-19-47(54)49-31-28-40(36-58(49)61)39-29-32-56-53(35-39)48-20-6-9-24-55(48)62(56)57-25-12-22-51-50-21-7-10-26-59(50)63-60(51)57/h1-36H. The van der Waals surface area contributed by atoms with Crippen molar-refractivity contribution in [3.63, 3.8) is 0 Å². The van der Waals surface area contributed by atoms with Gasteiger partial charge in [0.2, 0.25) is 0 Å². The largest absolute Gasteiger partial charge is 0.454 e. The summed E-state index contributed by atoms with van der Waals surface area (Å²) in [4.78, 5) is 0. The smallest absolute Gasteiger partial charge is 0.159 e. The summed E-state index contributed by atoms with van der Waals surface area (Å²) in [7, 11) is 0. The average molecular weight is 801 g/mol. The molecule has 0 bridgehead atoms. The summed E-state index contributed by atoms with van der Waals surface area (Å²) in [6.07, 6.45) is 0. The zero-order valence-electron chi connectivity index (χ0n) is 34.1. The molecule has 0 fully saturated rings. The zero-order chi connectivity index (χ0) is 41.2. The molecule has 0 saturated carbocycles. The maximum atomic E-state index is 6.57. The van der Waals surface area contributed by atoms with Crippen LogP contribution in [0.2, 0.25) is 0 Å². The van der Waals surface area contributed by atoms with Crippen LogP contribution in [0.5, 0.6) is 0 Å². The molecule has 0 amide bonds. The van der Waals surface area contributed by atoms with Gasteiger partial charge in [-0.15, -0.1) is 0 Å². The monoisotopic (exact) mass is 800 g/mol. The summed E-state index contributed by atoms with van der Waals surface area (Å²) in [5.74, 6) is 0. The van der Waals surface area contributed by atoms with Crippen LogP contribution in [0, 0.1) is 0 Å². The third-order valence-corrected chi connectivity index (χ3v) is 13.5. The van der Waals surface area contributed by atoms with Gasteiger partial charge in [0.1, 0.15) is 5.58 Å². The molecular formula is C60H36N2O. The van der Waals surface area contributed by atoms with Crippen molar-refractivity contribution < 1.29 is 4.42 Å². The summed E-state index contributed by atoms with van der Waals surface area (Å²) in [5.41, 5.74) is 13.4. The van der Waals surface area contributed by atoms with E-state index in [1.807, 2.05) is 6.07 Å². The van der Waals surface area contributed by atoms with Crippen LogP contribution in [0.1, 0.15) is 0 Å². The van der Waals surface area contributed by atoms with Gasteiger partial charge in [-0.1, -0.05) is 158 Å². The van der Waals surface area contributed by atoms with Gasteiger partial charge in [-0.05, 0) is 115 Å². The van der Waals surface area contributed by atoms with Crippen LogP contribution in [-0.4, -0.2) is 9.13 Å². The van der Waals surface area contributed by atoms with E-state index >= 15 is 0 Å². The number of fused-ring (bicyclic) bond motifs is 15. The average Bonchev–Trinajstić information content (AvgIpc) is 4.01. The van der Waals surface area contributed by atoms with Crippen molar-refractivity contribution in [2.75, 3.05) is 0 Å². The molecule has 3 heterocycles. The van der Waals surface area contributed by atoms with Gasteiger partial charge in [-0.2, -0.15) is 0 Å². The van der Waals surface area contributed by atoms with Gasteiger partial charge >= 0.3 is 0 Å². The van der Waals surface area contributed by atoms with E-state index in [9.17, 15) is 0 Å². The molecule has 11 aromatic carbocycles. The van der Waals surface area contributed by atoms with Gasteiger partial charge in [0, 0.05) is 38.0 Å². The van der Waals surface area contributed by atoms with Crippen molar-refractivity contribution in [3.8, 4) is 33.6 Å². The van der Waals surface area contributed by atoms with Crippen LogP contribution < -0.4 is 0 Å². The van der Waals surface area contributed by atoms with Crippen molar-refractivity contribution in [2.45, 2.75) is 0 Å². The van der Waals surface area contributed by atoms with Crippen LogP contribution >= 0.6 is 0 Å². The van der Waals surface area contributed by atoms with Crippen LogP contribution in [0.15, 0.2) is 223 Å². The lowest BCUT2D eigenvalue weighted by atomic mass is 9.92. The molecule has 0 unspecified atom stereocenters. The molecule has 0 aliphatic carbocycles. The summed E-state index contributed by atoms with van der Waals surface area (Å²) in [5, 5.41) is 14.9. The minimum absolute atomic E-state index is 0.899. The summed E-state index contributed by atoms with van der Waals surface area (Å²) >= 11 is 0. The fraction of sp³-hybridized carbons (Fsp3) is 0. The van der Waals surface area contributed by atoms with Crippen LogP contribution in [0.4, 0.5) is 0 Å². The van der Waals surface area contributed by atoms with Gasteiger partial charge in [0.05, 0.1) is 27.8 Å². The van der Waals surface area contributed by atoms with Crippen molar-refractivity contribution in [1.82, 2.24) is 9.13 Å². The van der Waals surface area contributed by atoms with E-state index in [1.165, 1.54) is 87.1 Å². The van der Waals surface area contributed by atoms with Crippen molar-refractivity contribution in [3.05, 3.63) is 218 Å². The number of nitrogens with zero attached hydrogens (tertiary/aromatic N) is 2. The van der Waals surface area contributed by atoms with Gasteiger partial charge in [0.25, 0.3) is 0 Å². The highest BCUT2D eigenvalue weighted by molar-refractivity contribution is 6.26. The summed E-state index contributed by atoms with van der Waals surface area (Å²) < 4.78 is 11.4. The van der Waals surface area contributed by atoms with Crippen LogP contribution in [0.3, 0.4) is 0 Å². The van der Waals surface area contributed by atoms with Crippen molar-refractivity contribution >= 4 is 97.9 Å². The molecule has 0 saturated heterocycles. The second-order valence-electron chi connectivity index (χ2n) is 16.8. The first kappa shape index (κ1) is 34.3. The molecule has 292 valence electrons. The zero-order valence-corrected chi connectivity index (χ0v) is 34.1. The van der Waals surface area contributed by atoms with E-state index in [-0.39, 0.29) is 0 Å². The number of para-hydroxylation sites is 4. The molecule has 3 heteroatoms. The number of rotatable bonds is 4. The van der Waals surface area contributed by atoms with Crippen LogP contribution in [0.25, 0.3) is 131 Å². The SMILES string of the molecule is c1cc(-c2ccc3c4ccccc4c4ccccc4c3c2)cc(-n2c3ccccc3c3ccc(-c4ccc5c(c4)c4ccccc4n5-c4cccc5c4oc4ccccc45)cc32)c1. The lowest BCUT2D eigenvalue weighted by molar-refractivity contribution is 0.666. The van der Waals surface area contributed by atoms with E-state index in [1.54, 1.807) is 0 Å². The second kappa shape index (κ2) is 13.1. The Bertz CT molecular complexity index is 4180. The molecule has 0 N–H and O–H groups in total. The number of hydrogen-bond donors (Lipinski definition) is 0. The minimum Gasteiger partial charge on any atom is -0.454 e. The lowest BCUT2D eigenvalue weighted by Gasteiger charge is -2.14. The predicted molar refractivity (Wildman–Crippen MR) is 266 cm³/mol. The maximum Gasteiger partial charge on any atom is 0.159 e. The molecule has 63 heavy (non-hydrogen) atoms. The van der Waals surface area contributed by atoms with E-state index in [4.69, 9.17) is 4.42 Å². The third kappa shape index (κ3) is 4.96. The molecule has 0 radical (unpaired) electrons. The van der Waals surface area contributed by atoms with Gasteiger partial charge < -0.3 is 13.6 Å². The molecule has 0 aliphatic rings. The summed E-state index contributed by atoms with van der Waals surface area (Å²) in [6, 6.07) is 79.8. The first-order valence-corrected chi connectivity index (χ1v) is 21.7. The number of hydrogen-bond acceptors (Lipinski definition) is 1. The Labute approximate surface area is 361 Å². The van der Waals surface area contributed by atoms with Crippen LogP contribution in [-0.2, 0) is 0 Å². The summed E-state index contributed by atoms with van der Waals surface area (Å²) in [6.45, 7) is 0. The number of benzene rings is 11. The highest BCUT2D eigenvalue weighted by atomic mass is 16.3. The quantitative estimate of drug-likeness (QED) is 0.163. The molecule has 3 nitrogen and oxygen atoms in total. The Morgan fingerprint density at radius 2 is 0.730 bits per heavy atom. The number of aromatic nitrogens is 2. The van der Waals surface area contributed by atoms with Gasteiger partial charge in [0.15, 0.2) is 5.58 Å². The van der Waals surface area contributed by atoms with E-state index in [2.05, 4.69) is 221 Å². The maximum absolute atomic E-state index is 6.57. The second-order valence-corrected chi connectivity index (χ2v) is 16.8. The first-order valence-electron chi connectivity index (χ1n) is 21.7. The number of furan rings is 1. The lowest BCUT2D eigenvalue weighted by Crippen LogP contribution is -1.95. The Morgan fingerprint density at radius 3 is 1.48 bits per heavy atom. The van der Waals surface area contributed by atoms with Gasteiger partial charge in [-0.3, -0.25) is 0 Å². The van der Waals surface area contributed by atoms with Crippen molar-refractivity contribution in [2.24, 2.45) is 0 Å². The minimum atomic E-state index is 0.899. The molecule has 3 aromatic heterocycles. The fourth-order valence-electron chi connectivity index (χ4n) is 10.7. The van der Waals surface area contributed by atoms with E-state index < -0.39 is 0 Å². The molecule has 0 spiro atoms. The van der Waals surface area contributed by atoms with Gasteiger partial charge in [-0.25, -0.2) is 0 Å². The highest BCUT2D eigenvalue weighted by Crippen LogP contribution is 2.42. The highest BCUT2D eigenvalue weighted by Gasteiger charge is 2.19. The Hall–Kier alpha value is -8.40. The molecule has 14 rings (SSSR count). The third-order valence-electron chi connectivity index (χ3n) is 13.5. The molecule has 0 atom stereocenters. The Kier molecular flexibility index (Phi) is 7.11. The van der Waals surface area contributed by atoms with Crippen molar-refractivity contribution in [1.29, 1.82) is 0 Å². The van der Waals surface area contributed by atoms with E-state index in [0.29, 0.717) is 0 Å². The normalized spacial score (nSPS) is 12.1. The Morgan fingerprint density at radius 1 is 0.254 bits per heavy atom. The fourth-order valence-corrected chi connectivity index (χ4v) is 10.7. The predicted octanol–water partition coefficient (Wildman–Crippen LogP) is 16.6.